The molecule has 1 N–H and O–H groups in total. The molecule has 0 aromatic heterocycles. The van der Waals surface area contributed by atoms with E-state index in [-0.39, 0.29) is 5.75 Å². The third-order valence-corrected chi connectivity index (χ3v) is 4.26. The Bertz CT molecular complexity index is 561. The van der Waals surface area contributed by atoms with E-state index < -0.39 is 10.8 Å². The van der Waals surface area contributed by atoms with Crippen molar-refractivity contribution < 1.29 is 14.1 Å². The molecule has 20 heavy (non-hydrogen) atoms. The van der Waals surface area contributed by atoms with Gasteiger partial charge in [-0.2, -0.15) is 0 Å². The molecule has 4 heteroatoms. The second kappa shape index (κ2) is 7.10. The van der Waals surface area contributed by atoms with Crippen LogP contribution in [0.1, 0.15) is 19.8 Å². The quantitative estimate of drug-likeness (QED) is 0.824. The van der Waals surface area contributed by atoms with Gasteiger partial charge in [-0.15, -0.1) is 0 Å². The molecule has 0 fully saturated rings. The first-order valence-electron chi connectivity index (χ1n) is 6.64. The van der Waals surface area contributed by atoms with Gasteiger partial charge in [-0.25, -0.2) is 4.21 Å². The number of hydrogen-bond donors (Lipinski definition) is 1. The van der Waals surface area contributed by atoms with Crippen LogP contribution in [0.5, 0.6) is 11.5 Å². The van der Waals surface area contributed by atoms with Crippen molar-refractivity contribution in [3.05, 3.63) is 48.5 Å². The summed E-state index contributed by atoms with van der Waals surface area (Å²) in [5, 5.41) is 9.23. The topological polar surface area (TPSA) is 46.5 Å². The average molecular weight is 290 g/mol. The fraction of sp³-hybridized carbons (Fsp3) is 0.250. The highest BCUT2D eigenvalue weighted by Gasteiger charge is 2.07. The van der Waals surface area contributed by atoms with E-state index in [9.17, 15) is 9.32 Å². The number of unbranched alkanes of at least 4 members (excludes halogenated alkanes) is 1. The molecule has 0 radical (unpaired) electrons. The van der Waals surface area contributed by atoms with Crippen LogP contribution in [-0.4, -0.2) is 15.9 Å². The first-order chi connectivity index (χ1) is 9.70. The molecule has 0 spiro atoms. The number of hydrogen-bond acceptors (Lipinski definition) is 3. The lowest BCUT2D eigenvalue weighted by Crippen LogP contribution is -1.97. The second-order valence-corrected chi connectivity index (χ2v) is 5.92. The monoisotopic (exact) mass is 290 g/mol. The molecule has 0 amide bonds. The lowest BCUT2D eigenvalue weighted by atomic mass is 10.3. The number of aromatic hydroxyl groups is 1. The van der Waals surface area contributed by atoms with E-state index in [1.54, 1.807) is 12.1 Å². The Morgan fingerprint density at radius 3 is 2.10 bits per heavy atom. The van der Waals surface area contributed by atoms with E-state index >= 15 is 0 Å². The van der Waals surface area contributed by atoms with Gasteiger partial charge in [0, 0.05) is 9.79 Å². The van der Waals surface area contributed by atoms with Crippen molar-refractivity contribution in [1.82, 2.24) is 0 Å². The minimum atomic E-state index is -1.24. The highest BCUT2D eigenvalue weighted by molar-refractivity contribution is 7.85. The van der Waals surface area contributed by atoms with Gasteiger partial charge in [0.2, 0.25) is 0 Å². The molecule has 0 aliphatic heterocycles. The minimum Gasteiger partial charge on any atom is -0.508 e. The molecular weight excluding hydrogens is 272 g/mol. The molecule has 106 valence electrons. The van der Waals surface area contributed by atoms with Crippen LogP contribution in [-0.2, 0) is 10.8 Å². The number of ether oxygens (including phenoxy) is 1. The van der Waals surface area contributed by atoms with Crippen LogP contribution in [0, 0.1) is 0 Å². The molecule has 2 aromatic carbocycles. The van der Waals surface area contributed by atoms with Crippen LogP contribution in [0.15, 0.2) is 58.3 Å². The van der Waals surface area contributed by atoms with Gasteiger partial charge in [0.05, 0.1) is 17.4 Å². The SMILES string of the molecule is CCCCOc1ccc(S(=O)c2ccc(O)cc2)cc1. The summed E-state index contributed by atoms with van der Waals surface area (Å²) in [6, 6.07) is 13.7. The van der Waals surface area contributed by atoms with Crippen molar-refractivity contribution in [3.8, 4) is 11.5 Å². The molecule has 2 rings (SSSR count). The summed E-state index contributed by atoms with van der Waals surface area (Å²) >= 11 is 0. The zero-order valence-corrected chi connectivity index (χ0v) is 12.2. The van der Waals surface area contributed by atoms with Gasteiger partial charge in [0.1, 0.15) is 11.5 Å². The molecule has 1 atom stereocenters. The van der Waals surface area contributed by atoms with Gasteiger partial charge >= 0.3 is 0 Å². The summed E-state index contributed by atoms with van der Waals surface area (Å²) in [7, 11) is -1.24. The number of benzene rings is 2. The summed E-state index contributed by atoms with van der Waals surface area (Å²) in [6.45, 7) is 2.82. The Labute approximate surface area is 121 Å². The molecule has 0 bridgehead atoms. The standard InChI is InChI=1S/C16H18O3S/c1-2-3-12-19-14-6-10-16(11-7-14)20(18)15-8-4-13(17)5-9-15/h4-11,17H,2-3,12H2,1H3. The fourth-order valence-electron chi connectivity index (χ4n) is 1.70. The minimum absolute atomic E-state index is 0.172. The van der Waals surface area contributed by atoms with Crippen LogP contribution in [0.4, 0.5) is 0 Å². The average Bonchev–Trinajstić information content (AvgIpc) is 2.48. The van der Waals surface area contributed by atoms with E-state index in [1.807, 2.05) is 24.3 Å². The summed E-state index contributed by atoms with van der Waals surface area (Å²) in [5.74, 6) is 0.968. The third kappa shape index (κ3) is 3.84. The smallest absolute Gasteiger partial charge is 0.119 e. The Morgan fingerprint density at radius 2 is 1.55 bits per heavy atom. The lowest BCUT2D eigenvalue weighted by Gasteiger charge is -2.07. The third-order valence-electron chi connectivity index (χ3n) is 2.86. The predicted octanol–water partition coefficient (Wildman–Crippen LogP) is 3.74. The summed E-state index contributed by atoms with van der Waals surface area (Å²) in [6.07, 6.45) is 2.13. The van der Waals surface area contributed by atoms with E-state index in [2.05, 4.69) is 6.92 Å². The van der Waals surface area contributed by atoms with Gasteiger partial charge < -0.3 is 9.84 Å². The Morgan fingerprint density at radius 1 is 1.00 bits per heavy atom. The maximum atomic E-state index is 12.3. The molecule has 0 saturated carbocycles. The Hall–Kier alpha value is -1.81. The molecule has 0 aliphatic carbocycles. The van der Waals surface area contributed by atoms with Crippen LogP contribution in [0.2, 0.25) is 0 Å². The van der Waals surface area contributed by atoms with Crippen molar-refractivity contribution in [3.63, 3.8) is 0 Å². The van der Waals surface area contributed by atoms with Gasteiger partial charge in [-0.1, -0.05) is 13.3 Å². The predicted molar refractivity (Wildman–Crippen MR) is 79.6 cm³/mol. The maximum Gasteiger partial charge on any atom is 0.119 e. The normalized spacial score (nSPS) is 12.1. The van der Waals surface area contributed by atoms with Crippen molar-refractivity contribution in [1.29, 1.82) is 0 Å². The molecule has 0 heterocycles. The van der Waals surface area contributed by atoms with Crippen molar-refractivity contribution >= 4 is 10.8 Å². The fourth-order valence-corrected chi connectivity index (χ4v) is 2.74. The van der Waals surface area contributed by atoms with Crippen LogP contribution in [0.3, 0.4) is 0 Å². The highest BCUT2D eigenvalue weighted by Crippen LogP contribution is 2.21. The van der Waals surface area contributed by atoms with E-state index in [0.29, 0.717) is 11.5 Å². The highest BCUT2D eigenvalue weighted by atomic mass is 32.2. The zero-order valence-electron chi connectivity index (χ0n) is 11.4. The van der Waals surface area contributed by atoms with Crippen molar-refractivity contribution in [2.24, 2.45) is 0 Å². The van der Waals surface area contributed by atoms with Gasteiger partial charge in [-0.05, 0) is 55.0 Å². The van der Waals surface area contributed by atoms with Crippen LogP contribution in [0.25, 0.3) is 0 Å². The number of rotatable bonds is 6. The van der Waals surface area contributed by atoms with Crippen LogP contribution >= 0.6 is 0 Å². The largest absolute Gasteiger partial charge is 0.508 e. The van der Waals surface area contributed by atoms with Gasteiger partial charge in [0.25, 0.3) is 0 Å². The summed E-state index contributed by atoms with van der Waals surface area (Å²) in [4.78, 5) is 1.39. The first kappa shape index (κ1) is 14.6. The van der Waals surface area contributed by atoms with E-state index in [1.165, 1.54) is 12.1 Å². The molecular formula is C16H18O3S. The number of phenols is 1. The van der Waals surface area contributed by atoms with E-state index in [4.69, 9.17) is 4.74 Å². The van der Waals surface area contributed by atoms with Gasteiger partial charge in [0.15, 0.2) is 0 Å². The first-order valence-corrected chi connectivity index (χ1v) is 7.79. The Kier molecular flexibility index (Phi) is 5.18. The number of phenolic OH excluding ortho intramolecular Hbond substituents is 1. The molecule has 0 aliphatic rings. The molecule has 1 unspecified atom stereocenters. The van der Waals surface area contributed by atoms with Crippen LogP contribution < -0.4 is 4.74 Å². The molecule has 0 saturated heterocycles. The molecule has 3 nitrogen and oxygen atoms in total. The second-order valence-electron chi connectivity index (χ2n) is 4.44. The maximum absolute atomic E-state index is 12.3. The zero-order chi connectivity index (χ0) is 14.4. The summed E-state index contributed by atoms with van der Waals surface area (Å²) < 4.78 is 17.9. The van der Waals surface area contributed by atoms with E-state index in [0.717, 1.165) is 23.5 Å². The van der Waals surface area contributed by atoms with Gasteiger partial charge in [-0.3, -0.25) is 0 Å². The van der Waals surface area contributed by atoms with Crippen molar-refractivity contribution in [2.75, 3.05) is 6.61 Å². The molecule has 2 aromatic rings. The van der Waals surface area contributed by atoms with Crippen molar-refractivity contribution in [2.45, 2.75) is 29.6 Å². The lowest BCUT2D eigenvalue weighted by molar-refractivity contribution is 0.309. The Balaban J connectivity index is 2.05. The summed E-state index contributed by atoms with van der Waals surface area (Å²) in [5.41, 5.74) is 0.